The second-order valence-electron chi connectivity index (χ2n) is 4.48. The zero-order valence-electron chi connectivity index (χ0n) is 11.6. The molecule has 0 unspecified atom stereocenters. The van der Waals surface area contributed by atoms with Crippen LogP contribution in [0.2, 0.25) is 0 Å². The number of oxime groups is 1. The van der Waals surface area contributed by atoms with Gasteiger partial charge < -0.3 is 20.6 Å². The number of hydrogen-bond acceptors (Lipinski definition) is 4. The van der Waals surface area contributed by atoms with Crippen molar-refractivity contribution in [1.82, 2.24) is 0 Å². The van der Waals surface area contributed by atoms with E-state index >= 15 is 0 Å². The van der Waals surface area contributed by atoms with Crippen LogP contribution in [0.3, 0.4) is 0 Å². The summed E-state index contributed by atoms with van der Waals surface area (Å²) in [6, 6.07) is 6.99. The molecule has 0 saturated heterocycles. The van der Waals surface area contributed by atoms with Crippen LogP contribution < -0.4 is 10.6 Å². The fourth-order valence-electron chi connectivity index (χ4n) is 1.68. The summed E-state index contributed by atoms with van der Waals surface area (Å²) < 4.78 is 40.2. The van der Waals surface area contributed by atoms with Gasteiger partial charge in [-0.15, -0.1) is 0 Å². The molecule has 1 rings (SSSR count). The van der Waals surface area contributed by atoms with Crippen LogP contribution in [0, 0.1) is 0 Å². The molecule has 0 spiro atoms. The van der Waals surface area contributed by atoms with Crippen molar-refractivity contribution in [3.63, 3.8) is 0 Å². The third-order valence-electron chi connectivity index (χ3n) is 2.74. The third kappa shape index (κ3) is 6.35. The molecule has 0 aliphatic carbocycles. The first-order valence-corrected chi connectivity index (χ1v) is 6.27. The zero-order chi connectivity index (χ0) is 15.9. The summed E-state index contributed by atoms with van der Waals surface area (Å²) in [6.45, 7) is -0.670. The molecule has 0 fully saturated rings. The van der Waals surface area contributed by atoms with Crippen LogP contribution in [0.25, 0.3) is 0 Å². The second-order valence-corrected chi connectivity index (χ2v) is 4.48. The summed E-state index contributed by atoms with van der Waals surface area (Å²) in [5, 5.41) is 11.5. The fourth-order valence-corrected chi connectivity index (χ4v) is 1.68. The Labute approximate surface area is 120 Å². The summed E-state index contributed by atoms with van der Waals surface area (Å²) in [6.07, 6.45) is -3.83. The first kappa shape index (κ1) is 17.1. The molecule has 3 N–H and O–H groups in total. The van der Waals surface area contributed by atoms with Crippen LogP contribution in [0.15, 0.2) is 29.4 Å². The van der Waals surface area contributed by atoms with E-state index in [2.05, 4.69) is 9.89 Å². The molecular formula is C13H18F3N3O2. The minimum atomic E-state index is -4.29. The standard InChI is InChI=1S/C13H18F3N3O2/c1-19(6-3-7-21-9-13(14,15)16)11-5-2-4-10(8-11)12(17)18-20/h2,4-5,8,20H,3,6-7,9H2,1H3,(H2,17,18). The lowest BCUT2D eigenvalue weighted by atomic mass is 10.1. The SMILES string of the molecule is CN(CCCOCC(F)(F)F)c1cccc(C(N)=NO)c1. The van der Waals surface area contributed by atoms with Crippen molar-refractivity contribution in [1.29, 1.82) is 0 Å². The van der Waals surface area contributed by atoms with Gasteiger partial charge in [0.2, 0.25) is 0 Å². The summed E-state index contributed by atoms with van der Waals surface area (Å²) >= 11 is 0. The molecule has 0 bridgehead atoms. The molecule has 0 aromatic heterocycles. The molecule has 0 saturated carbocycles. The van der Waals surface area contributed by atoms with Gasteiger partial charge in [0, 0.05) is 31.5 Å². The summed E-state index contributed by atoms with van der Waals surface area (Å²) in [5.41, 5.74) is 6.88. The topological polar surface area (TPSA) is 71.1 Å². The van der Waals surface area contributed by atoms with Crippen LogP contribution in [0.1, 0.15) is 12.0 Å². The lowest BCUT2D eigenvalue weighted by molar-refractivity contribution is -0.173. The molecule has 8 heteroatoms. The Morgan fingerprint density at radius 3 is 2.76 bits per heavy atom. The smallest absolute Gasteiger partial charge is 0.409 e. The first-order valence-electron chi connectivity index (χ1n) is 6.27. The minimum absolute atomic E-state index is 0.00115. The number of nitrogens with zero attached hydrogens (tertiary/aromatic N) is 2. The number of halogens is 3. The van der Waals surface area contributed by atoms with Crippen LogP contribution in [-0.2, 0) is 4.74 Å². The highest BCUT2D eigenvalue weighted by molar-refractivity contribution is 5.97. The molecule has 5 nitrogen and oxygen atoms in total. The number of hydrogen-bond donors (Lipinski definition) is 2. The summed E-state index contributed by atoms with van der Waals surface area (Å²) in [7, 11) is 1.80. The van der Waals surface area contributed by atoms with Gasteiger partial charge in [-0.25, -0.2) is 0 Å². The maximum Gasteiger partial charge on any atom is 0.411 e. The predicted molar refractivity (Wildman–Crippen MR) is 73.7 cm³/mol. The van der Waals surface area contributed by atoms with E-state index in [9.17, 15) is 13.2 Å². The highest BCUT2D eigenvalue weighted by Gasteiger charge is 2.27. The average Bonchev–Trinajstić information content (AvgIpc) is 2.44. The van der Waals surface area contributed by atoms with Gasteiger partial charge in [0.1, 0.15) is 6.61 Å². The van der Waals surface area contributed by atoms with Gasteiger partial charge >= 0.3 is 6.18 Å². The number of nitrogens with two attached hydrogens (primary N) is 1. The van der Waals surface area contributed by atoms with Gasteiger partial charge in [-0.2, -0.15) is 13.2 Å². The van der Waals surface area contributed by atoms with Crippen molar-refractivity contribution in [3.8, 4) is 0 Å². The Morgan fingerprint density at radius 1 is 1.43 bits per heavy atom. The zero-order valence-corrected chi connectivity index (χ0v) is 11.6. The van der Waals surface area contributed by atoms with Crippen molar-refractivity contribution in [2.45, 2.75) is 12.6 Å². The van der Waals surface area contributed by atoms with E-state index in [4.69, 9.17) is 10.9 Å². The largest absolute Gasteiger partial charge is 0.411 e. The quantitative estimate of drug-likeness (QED) is 0.266. The lowest BCUT2D eigenvalue weighted by Gasteiger charge is -2.20. The van der Waals surface area contributed by atoms with Gasteiger partial charge in [-0.3, -0.25) is 0 Å². The van der Waals surface area contributed by atoms with Crippen LogP contribution in [0.4, 0.5) is 18.9 Å². The lowest BCUT2D eigenvalue weighted by Crippen LogP contribution is -2.22. The highest BCUT2D eigenvalue weighted by Crippen LogP contribution is 2.16. The number of anilines is 1. The Bertz CT molecular complexity index is 478. The number of benzene rings is 1. The molecular weight excluding hydrogens is 287 g/mol. The Kier molecular flexibility index (Phi) is 6.29. The van der Waals surface area contributed by atoms with Crippen molar-refractivity contribution >= 4 is 11.5 Å². The van der Waals surface area contributed by atoms with E-state index < -0.39 is 12.8 Å². The number of ether oxygens (including phenoxy) is 1. The van der Waals surface area contributed by atoms with E-state index in [1.807, 2.05) is 11.0 Å². The van der Waals surface area contributed by atoms with E-state index in [1.54, 1.807) is 25.2 Å². The summed E-state index contributed by atoms with van der Waals surface area (Å²) in [4.78, 5) is 1.85. The molecule has 0 aliphatic rings. The van der Waals surface area contributed by atoms with E-state index in [0.29, 0.717) is 18.5 Å². The Morgan fingerprint density at radius 2 is 2.14 bits per heavy atom. The van der Waals surface area contributed by atoms with Gasteiger partial charge in [0.25, 0.3) is 0 Å². The van der Waals surface area contributed by atoms with Crippen molar-refractivity contribution in [2.24, 2.45) is 10.9 Å². The molecule has 1 aromatic carbocycles. The van der Waals surface area contributed by atoms with Gasteiger partial charge in [-0.05, 0) is 18.6 Å². The maximum absolute atomic E-state index is 11.9. The molecule has 0 heterocycles. The maximum atomic E-state index is 11.9. The third-order valence-corrected chi connectivity index (χ3v) is 2.74. The van der Waals surface area contributed by atoms with Gasteiger partial charge in [-0.1, -0.05) is 17.3 Å². The van der Waals surface area contributed by atoms with Crippen LogP contribution in [-0.4, -0.2) is 44.0 Å². The van der Waals surface area contributed by atoms with Gasteiger partial charge in [0.05, 0.1) is 0 Å². The normalized spacial score (nSPS) is 12.5. The van der Waals surface area contributed by atoms with E-state index in [0.717, 1.165) is 5.69 Å². The molecule has 21 heavy (non-hydrogen) atoms. The molecule has 0 amide bonds. The van der Waals surface area contributed by atoms with Crippen molar-refractivity contribution < 1.29 is 23.1 Å². The van der Waals surface area contributed by atoms with Crippen LogP contribution in [0.5, 0.6) is 0 Å². The first-order chi connectivity index (χ1) is 9.83. The van der Waals surface area contributed by atoms with Gasteiger partial charge in [0.15, 0.2) is 5.84 Å². The minimum Gasteiger partial charge on any atom is -0.409 e. The van der Waals surface area contributed by atoms with E-state index in [-0.39, 0.29) is 12.4 Å². The Balaban J connectivity index is 2.44. The summed E-state index contributed by atoms with van der Waals surface area (Å²) in [5.74, 6) is -0.00115. The Hall–Kier alpha value is -1.96. The van der Waals surface area contributed by atoms with Crippen LogP contribution >= 0.6 is 0 Å². The average molecular weight is 305 g/mol. The molecule has 0 aliphatic heterocycles. The highest BCUT2D eigenvalue weighted by atomic mass is 19.4. The second kappa shape index (κ2) is 7.72. The molecule has 0 radical (unpaired) electrons. The molecule has 1 aromatic rings. The number of amidine groups is 1. The number of rotatable bonds is 7. The van der Waals surface area contributed by atoms with Crippen molar-refractivity contribution in [3.05, 3.63) is 29.8 Å². The monoisotopic (exact) mass is 305 g/mol. The number of alkyl halides is 3. The van der Waals surface area contributed by atoms with Crippen molar-refractivity contribution in [2.75, 3.05) is 31.7 Å². The predicted octanol–water partition coefficient (Wildman–Crippen LogP) is 2.19. The molecule has 0 atom stereocenters. The molecule has 118 valence electrons. The fraction of sp³-hybridized carbons (Fsp3) is 0.462. The van der Waals surface area contributed by atoms with E-state index in [1.165, 1.54) is 0 Å².